The molecule has 22 heavy (non-hydrogen) atoms. The molecular weight excluding hydrogens is 300 g/mol. The van der Waals surface area contributed by atoms with Crippen molar-refractivity contribution in [1.29, 1.82) is 0 Å². The lowest BCUT2D eigenvalue weighted by Crippen LogP contribution is -2.34. The van der Waals surface area contributed by atoms with Crippen molar-refractivity contribution in [2.24, 2.45) is 5.92 Å². The monoisotopic (exact) mass is 324 g/mol. The number of fused-ring (bicyclic) bond motifs is 1. The van der Waals surface area contributed by atoms with Crippen molar-refractivity contribution in [1.82, 2.24) is 9.62 Å². The van der Waals surface area contributed by atoms with Crippen LogP contribution < -0.4 is 9.46 Å². The van der Waals surface area contributed by atoms with Crippen molar-refractivity contribution in [3.05, 3.63) is 23.8 Å². The van der Waals surface area contributed by atoms with Crippen LogP contribution in [0.1, 0.15) is 25.3 Å². The minimum Gasteiger partial charge on any atom is -0.493 e. The highest BCUT2D eigenvalue weighted by molar-refractivity contribution is 7.89. The molecule has 1 fully saturated rings. The van der Waals surface area contributed by atoms with Crippen LogP contribution in [0.4, 0.5) is 0 Å². The Morgan fingerprint density at radius 2 is 2.09 bits per heavy atom. The average Bonchev–Trinajstić information content (AvgIpc) is 3.15. The molecule has 2 heterocycles. The number of hydrogen-bond acceptors (Lipinski definition) is 4. The van der Waals surface area contributed by atoms with E-state index in [-0.39, 0.29) is 0 Å². The Labute approximate surface area is 132 Å². The molecule has 122 valence electrons. The fraction of sp³-hybridized carbons (Fsp3) is 0.625. The molecule has 1 N–H and O–H groups in total. The van der Waals surface area contributed by atoms with Crippen molar-refractivity contribution in [2.45, 2.75) is 31.1 Å². The van der Waals surface area contributed by atoms with Crippen LogP contribution in [0.25, 0.3) is 0 Å². The zero-order valence-corrected chi connectivity index (χ0v) is 13.9. The first-order valence-electron chi connectivity index (χ1n) is 8.02. The summed E-state index contributed by atoms with van der Waals surface area (Å²) in [4.78, 5) is 2.75. The summed E-state index contributed by atoms with van der Waals surface area (Å²) < 4.78 is 33.0. The standard InChI is InChI=1S/C16H24N2O3S/c1-13(12-18-7-2-3-8-18)11-17-22(19,20)15-4-5-16-14(10-15)6-9-21-16/h4-5,10,13,17H,2-3,6-9,11-12H2,1H3. The van der Waals surface area contributed by atoms with Crippen molar-refractivity contribution >= 4 is 10.0 Å². The lowest BCUT2D eigenvalue weighted by molar-refractivity contribution is 0.288. The largest absolute Gasteiger partial charge is 0.493 e. The Hall–Kier alpha value is -1.11. The SMILES string of the molecule is CC(CNS(=O)(=O)c1ccc2c(c1)CCO2)CN1CCCC1. The van der Waals surface area contributed by atoms with Crippen LogP contribution in [0.15, 0.2) is 23.1 Å². The summed E-state index contributed by atoms with van der Waals surface area (Å²) in [6.45, 7) is 6.45. The molecule has 6 heteroatoms. The number of nitrogens with one attached hydrogen (secondary N) is 1. The second kappa shape index (κ2) is 6.56. The summed E-state index contributed by atoms with van der Waals surface area (Å²) in [6.07, 6.45) is 3.30. The van der Waals surface area contributed by atoms with Gasteiger partial charge in [0.2, 0.25) is 10.0 Å². The van der Waals surface area contributed by atoms with Crippen molar-refractivity contribution < 1.29 is 13.2 Å². The van der Waals surface area contributed by atoms with Gasteiger partial charge in [0.15, 0.2) is 0 Å². The quantitative estimate of drug-likeness (QED) is 0.864. The predicted molar refractivity (Wildman–Crippen MR) is 85.7 cm³/mol. The van der Waals surface area contributed by atoms with Gasteiger partial charge < -0.3 is 9.64 Å². The molecule has 0 radical (unpaired) electrons. The normalized spacial score (nSPS) is 19.9. The number of rotatable bonds is 6. The highest BCUT2D eigenvalue weighted by Crippen LogP contribution is 2.27. The Kier molecular flexibility index (Phi) is 4.70. The van der Waals surface area contributed by atoms with Gasteiger partial charge in [0.25, 0.3) is 0 Å². The van der Waals surface area contributed by atoms with E-state index in [1.54, 1.807) is 18.2 Å². The van der Waals surface area contributed by atoms with Gasteiger partial charge in [-0.25, -0.2) is 13.1 Å². The third-order valence-electron chi connectivity index (χ3n) is 4.36. The smallest absolute Gasteiger partial charge is 0.240 e. The van der Waals surface area contributed by atoms with Crippen molar-refractivity contribution in [2.75, 3.05) is 32.8 Å². The lowest BCUT2D eigenvalue weighted by atomic mass is 10.2. The molecule has 1 unspecified atom stereocenters. The Morgan fingerprint density at radius 3 is 2.86 bits per heavy atom. The maximum atomic E-state index is 12.4. The molecule has 0 aromatic heterocycles. The average molecular weight is 324 g/mol. The van der Waals surface area contributed by atoms with E-state index in [4.69, 9.17) is 4.74 Å². The summed E-state index contributed by atoms with van der Waals surface area (Å²) in [7, 11) is -3.43. The first-order valence-corrected chi connectivity index (χ1v) is 9.51. The van der Waals surface area contributed by atoms with Gasteiger partial charge in [-0.05, 0) is 55.6 Å². The number of hydrogen-bond donors (Lipinski definition) is 1. The van der Waals surface area contributed by atoms with E-state index < -0.39 is 10.0 Å². The summed E-state index contributed by atoms with van der Waals surface area (Å²) in [5.74, 6) is 1.12. The van der Waals surface area contributed by atoms with Crippen LogP contribution >= 0.6 is 0 Å². The fourth-order valence-electron chi connectivity index (χ4n) is 3.14. The van der Waals surface area contributed by atoms with Gasteiger partial charge in [0.05, 0.1) is 11.5 Å². The minimum atomic E-state index is -3.43. The van der Waals surface area contributed by atoms with Gasteiger partial charge in [-0.15, -0.1) is 0 Å². The van der Waals surface area contributed by atoms with E-state index in [1.165, 1.54) is 12.8 Å². The van der Waals surface area contributed by atoms with E-state index in [2.05, 4.69) is 16.5 Å². The Bertz CT molecular complexity index is 624. The molecule has 1 atom stereocenters. The molecule has 1 saturated heterocycles. The molecule has 2 aliphatic heterocycles. The zero-order chi connectivity index (χ0) is 15.6. The Balaban J connectivity index is 1.58. The molecule has 1 aromatic rings. The molecule has 1 aromatic carbocycles. The number of ether oxygens (including phenoxy) is 1. The van der Waals surface area contributed by atoms with Crippen LogP contribution in [0.2, 0.25) is 0 Å². The second-order valence-electron chi connectivity index (χ2n) is 6.33. The maximum absolute atomic E-state index is 12.4. The molecule has 3 rings (SSSR count). The molecule has 0 aliphatic carbocycles. The van der Waals surface area contributed by atoms with Gasteiger partial charge in [-0.2, -0.15) is 0 Å². The number of sulfonamides is 1. The molecule has 5 nitrogen and oxygen atoms in total. The van der Waals surface area contributed by atoms with E-state index in [0.717, 1.165) is 37.4 Å². The Morgan fingerprint density at radius 1 is 1.32 bits per heavy atom. The van der Waals surface area contributed by atoms with Gasteiger partial charge in [-0.1, -0.05) is 6.92 Å². The first kappa shape index (κ1) is 15.8. The summed E-state index contributed by atoms with van der Waals surface area (Å²) in [5.41, 5.74) is 0.980. The third-order valence-corrected chi connectivity index (χ3v) is 5.78. The predicted octanol–water partition coefficient (Wildman–Crippen LogP) is 1.63. The van der Waals surface area contributed by atoms with Gasteiger partial charge in [0.1, 0.15) is 5.75 Å². The van der Waals surface area contributed by atoms with E-state index in [0.29, 0.717) is 24.0 Å². The topological polar surface area (TPSA) is 58.6 Å². The van der Waals surface area contributed by atoms with Crippen molar-refractivity contribution in [3.63, 3.8) is 0 Å². The van der Waals surface area contributed by atoms with E-state index >= 15 is 0 Å². The van der Waals surface area contributed by atoms with Gasteiger partial charge >= 0.3 is 0 Å². The summed E-state index contributed by atoms with van der Waals surface area (Å²) >= 11 is 0. The second-order valence-corrected chi connectivity index (χ2v) is 8.10. The lowest BCUT2D eigenvalue weighted by Gasteiger charge is -2.20. The highest BCUT2D eigenvalue weighted by Gasteiger charge is 2.21. The molecule has 0 saturated carbocycles. The van der Waals surface area contributed by atoms with Crippen LogP contribution in [-0.4, -0.2) is 46.1 Å². The van der Waals surface area contributed by atoms with Crippen LogP contribution in [0, 0.1) is 5.92 Å². The molecule has 0 amide bonds. The number of likely N-dealkylation sites (tertiary alicyclic amines) is 1. The van der Waals surface area contributed by atoms with Crippen LogP contribution in [-0.2, 0) is 16.4 Å². The highest BCUT2D eigenvalue weighted by atomic mass is 32.2. The summed E-state index contributed by atoms with van der Waals surface area (Å²) in [5, 5.41) is 0. The van der Waals surface area contributed by atoms with Crippen LogP contribution in [0.3, 0.4) is 0 Å². The fourth-order valence-corrected chi connectivity index (χ4v) is 4.35. The zero-order valence-electron chi connectivity index (χ0n) is 13.0. The van der Waals surface area contributed by atoms with Crippen LogP contribution in [0.5, 0.6) is 5.75 Å². The minimum absolute atomic E-state index is 0.311. The number of benzene rings is 1. The third kappa shape index (κ3) is 3.62. The molecule has 0 spiro atoms. The maximum Gasteiger partial charge on any atom is 0.240 e. The first-order chi connectivity index (χ1) is 10.5. The molecular formula is C16H24N2O3S. The molecule has 0 bridgehead atoms. The van der Waals surface area contributed by atoms with E-state index in [9.17, 15) is 8.42 Å². The van der Waals surface area contributed by atoms with Gasteiger partial charge in [-0.3, -0.25) is 0 Å². The van der Waals surface area contributed by atoms with Gasteiger partial charge in [0, 0.05) is 19.5 Å². The number of nitrogens with zero attached hydrogens (tertiary/aromatic N) is 1. The molecule has 2 aliphatic rings. The van der Waals surface area contributed by atoms with E-state index in [1.807, 2.05) is 0 Å². The van der Waals surface area contributed by atoms with Crippen molar-refractivity contribution in [3.8, 4) is 5.75 Å². The summed E-state index contributed by atoms with van der Waals surface area (Å²) in [6, 6.07) is 5.11.